The van der Waals surface area contributed by atoms with Gasteiger partial charge < -0.3 is 5.32 Å². The molecule has 0 bridgehead atoms. The van der Waals surface area contributed by atoms with Gasteiger partial charge in [0, 0.05) is 30.9 Å². The van der Waals surface area contributed by atoms with Crippen molar-refractivity contribution in [3.63, 3.8) is 0 Å². The summed E-state index contributed by atoms with van der Waals surface area (Å²) in [5, 5.41) is 6.46. The number of carbonyl (C=O) groups excluding carboxylic acids is 1. The number of aliphatic imine (C=N–C) groups is 1. The van der Waals surface area contributed by atoms with Gasteiger partial charge in [0.05, 0.1) is 10.9 Å². The Bertz CT molecular complexity index is 713. The highest BCUT2D eigenvalue weighted by Crippen LogP contribution is 2.40. The number of allylic oxidation sites excluding steroid dienone is 2. The Labute approximate surface area is 168 Å². The summed E-state index contributed by atoms with van der Waals surface area (Å²) in [5.41, 5.74) is -0.525. The molecule has 2 rings (SSSR count). The molecule has 0 spiro atoms. The van der Waals surface area contributed by atoms with Crippen molar-refractivity contribution < 1.29 is 18.0 Å². The molecule has 0 radical (unpaired) electrons. The summed E-state index contributed by atoms with van der Waals surface area (Å²) < 4.78 is 39.2. The third-order valence-corrected chi connectivity index (χ3v) is 5.04. The molecule has 0 aromatic carbocycles. The number of hydrogen-bond donors (Lipinski definition) is 1. The second-order valence-electron chi connectivity index (χ2n) is 5.98. The largest absolute Gasteiger partial charge is 0.433 e. The molecule has 9 heteroatoms. The van der Waals surface area contributed by atoms with Crippen molar-refractivity contribution in [1.82, 2.24) is 15.1 Å². The number of amides is 1. The highest BCUT2D eigenvalue weighted by Gasteiger charge is 2.36. The lowest BCUT2D eigenvalue weighted by Crippen LogP contribution is -2.32. The lowest BCUT2D eigenvalue weighted by molar-refractivity contribution is -0.143. The molecule has 0 saturated heterocycles. The van der Waals surface area contributed by atoms with Gasteiger partial charge in [-0.1, -0.05) is 25.5 Å². The van der Waals surface area contributed by atoms with E-state index in [0.717, 1.165) is 23.6 Å². The maximum Gasteiger partial charge on any atom is 0.433 e. The third-order valence-electron chi connectivity index (χ3n) is 3.72. The van der Waals surface area contributed by atoms with Gasteiger partial charge in [-0.05, 0) is 32.8 Å². The van der Waals surface area contributed by atoms with Crippen LogP contribution in [0.15, 0.2) is 29.4 Å². The van der Waals surface area contributed by atoms with Crippen molar-refractivity contribution in [3.8, 4) is 0 Å². The lowest BCUT2D eigenvalue weighted by Gasteiger charge is -2.10. The number of alkyl halides is 3. The zero-order chi connectivity index (χ0) is 21.2. The summed E-state index contributed by atoms with van der Waals surface area (Å²) in [6.07, 6.45) is 5.15. The fourth-order valence-electron chi connectivity index (χ4n) is 2.32. The predicted octanol–water partition coefficient (Wildman–Crippen LogP) is 4.81. The molecule has 0 aliphatic carbocycles. The van der Waals surface area contributed by atoms with E-state index in [0.29, 0.717) is 17.9 Å². The first kappa shape index (κ1) is 24.0. The van der Waals surface area contributed by atoms with Crippen LogP contribution in [0.3, 0.4) is 0 Å². The van der Waals surface area contributed by atoms with E-state index in [4.69, 9.17) is 0 Å². The fraction of sp³-hybridized carbons (Fsp3) is 0.526. The summed E-state index contributed by atoms with van der Waals surface area (Å²) >= 11 is 1.27. The minimum Gasteiger partial charge on any atom is -0.355 e. The Morgan fingerprint density at radius 1 is 1.46 bits per heavy atom. The van der Waals surface area contributed by atoms with Crippen LogP contribution in [0.1, 0.15) is 51.4 Å². The van der Waals surface area contributed by atoms with E-state index in [1.54, 1.807) is 18.5 Å². The Morgan fingerprint density at radius 3 is 2.68 bits per heavy atom. The first-order chi connectivity index (χ1) is 13.2. The molecule has 1 aliphatic heterocycles. The topological polar surface area (TPSA) is 59.3 Å². The minimum absolute atomic E-state index is 0.0725. The van der Waals surface area contributed by atoms with E-state index in [2.05, 4.69) is 15.4 Å². The summed E-state index contributed by atoms with van der Waals surface area (Å²) in [6.45, 7) is 6.49. The van der Waals surface area contributed by atoms with Gasteiger partial charge in [0.25, 0.3) is 0 Å². The molecule has 0 fully saturated rings. The number of carbonyl (C=O) groups is 1. The quantitative estimate of drug-likeness (QED) is 0.535. The lowest BCUT2D eigenvalue weighted by atomic mass is 10.2. The van der Waals surface area contributed by atoms with Gasteiger partial charge in [-0.3, -0.25) is 14.5 Å². The van der Waals surface area contributed by atoms with E-state index in [1.807, 2.05) is 26.8 Å². The highest BCUT2D eigenvalue weighted by atomic mass is 32.2. The monoisotopic (exact) mass is 416 g/mol. The van der Waals surface area contributed by atoms with Crippen LogP contribution in [0.25, 0.3) is 4.91 Å². The summed E-state index contributed by atoms with van der Waals surface area (Å²) in [7, 11) is 1.27. The summed E-state index contributed by atoms with van der Waals surface area (Å²) in [4.78, 5) is 16.4. The van der Waals surface area contributed by atoms with E-state index in [1.165, 1.54) is 18.8 Å². The smallest absolute Gasteiger partial charge is 0.355 e. The summed E-state index contributed by atoms with van der Waals surface area (Å²) in [5.74, 6) is -0.0725. The van der Waals surface area contributed by atoms with Crippen molar-refractivity contribution >= 4 is 28.8 Å². The highest BCUT2D eigenvalue weighted by molar-refractivity contribution is 8.09. The normalized spacial score (nSPS) is 17.0. The Balaban J connectivity index is 0.000000568. The van der Waals surface area contributed by atoms with E-state index in [-0.39, 0.29) is 16.9 Å². The number of aromatic nitrogens is 2. The van der Waals surface area contributed by atoms with Crippen LogP contribution in [0.5, 0.6) is 0 Å². The van der Waals surface area contributed by atoms with Crippen LogP contribution in [-0.2, 0) is 18.0 Å². The average molecular weight is 417 g/mol. The Kier molecular flexibility index (Phi) is 10.1. The summed E-state index contributed by atoms with van der Waals surface area (Å²) in [6, 6.07) is 1.02. The predicted molar refractivity (Wildman–Crippen MR) is 109 cm³/mol. The number of aryl methyl sites for hydroxylation is 1. The molecule has 5 nitrogen and oxygen atoms in total. The molecule has 28 heavy (non-hydrogen) atoms. The Hall–Kier alpha value is -2.03. The van der Waals surface area contributed by atoms with Crippen molar-refractivity contribution in [2.45, 2.75) is 51.5 Å². The fourth-order valence-corrected chi connectivity index (χ4v) is 3.42. The van der Waals surface area contributed by atoms with Gasteiger partial charge in [0.2, 0.25) is 5.91 Å². The van der Waals surface area contributed by atoms with Crippen LogP contribution in [0.4, 0.5) is 13.2 Å². The van der Waals surface area contributed by atoms with E-state index < -0.39 is 11.9 Å². The van der Waals surface area contributed by atoms with Crippen LogP contribution < -0.4 is 5.32 Å². The molecule has 1 atom stereocenters. The van der Waals surface area contributed by atoms with Crippen LogP contribution in [-0.4, -0.2) is 33.7 Å². The number of nitrogens with zero attached hydrogens (tertiary/aromatic N) is 3. The van der Waals surface area contributed by atoms with E-state index in [9.17, 15) is 18.0 Å². The standard InChI is InChI=1S/C14H18F3N3OS.C5H9N/c1-3-4-7-18-13(21)11-6-5-10(22-11)9-8-12(14(15,16)17)20(2)19-9;1-3-5-6-4-2/h5,8,11H,3-4,6-7H2,1-2H3,(H,18,21);3-5H,1-2H3/b;5-3-,6-4?. The Morgan fingerprint density at radius 2 is 2.18 bits per heavy atom. The molecule has 1 N–H and O–H groups in total. The molecule has 0 saturated carbocycles. The van der Waals surface area contributed by atoms with Crippen LogP contribution in [0.2, 0.25) is 0 Å². The molecule has 2 heterocycles. The first-order valence-electron chi connectivity index (χ1n) is 9.09. The van der Waals surface area contributed by atoms with Gasteiger partial charge in [-0.15, -0.1) is 11.8 Å². The number of unbranched alkanes of at least 4 members (excludes halogenated alkanes) is 1. The maximum absolute atomic E-state index is 12.8. The SMILES string of the molecule is CC=N/C=C\C.CCCCNC(=O)C1CC=C(c2cc(C(F)(F)F)n(C)n2)S1. The molecule has 1 aromatic heterocycles. The van der Waals surface area contributed by atoms with Gasteiger partial charge in [-0.2, -0.15) is 18.3 Å². The molecule has 156 valence electrons. The molecule has 1 aliphatic rings. The van der Waals surface area contributed by atoms with Gasteiger partial charge in [0.1, 0.15) is 5.69 Å². The van der Waals surface area contributed by atoms with Crippen molar-refractivity contribution in [2.75, 3.05) is 6.54 Å². The maximum atomic E-state index is 12.8. The molecular weight excluding hydrogens is 389 g/mol. The minimum atomic E-state index is -4.43. The second kappa shape index (κ2) is 11.7. The molecule has 1 unspecified atom stereocenters. The molecule has 1 aromatic rings. The number of rotatable bonds is 6. The van der Waals surface area contributed by atoms with Crippen molar-refractivity contribution in [3.05, 3.63) is 35.8 Å². The number of halogens is 3. The van der Waals surface area contributed by atoms with Crippen molar-refractivity contribution in [2.24, 2.45) is 12.0 Å². The molecule has 1 amide bonds. The van der Waals surface area contributed by atoms with Gasteiger partial charge >= 0.3 is 6.18 Å². The number of hydrogen-bond acceptors (Lipinski definition) is 4. The second-order valence-corrected chi connectivity index (χ2v) is 7.23. The third kappa shape index (κ3) is 7.53. The van der Waals surface area contributed by atoms with Gasteiger partial charge in [0.15, 0.2) is 0 Å². The van der Waals surface area contributed by atoms with E-state index >= 15 is 0 Å². The number of nitrogens with one attached hydrogen (secondary N) is 1. The van der Waals surface area contributed by atoms with Gasteiger partial charge in [-0.25, -0.2) is 0 Å². The molecular formula is C19H27F3N4OS. The zero-order valence-electron chi connectivity index (χ0n) is 16.6. The van der Waals surface area contributed by atoms with Crippen LogP contribution >= 0.6 is 11.8 Å². The van der Waals surface area contributed by atoms with Crippen LogP contribution in [0, 0.1) is 0 Å². The average Bonchev–Trinajstić information content (AvgIpc) is 3.27. The zero-order valence-corrected chi connectivity index (χ0v) is 17.4. The number of thioether (sulfide) groups is 1. The first-order valence-corrected chi connectivity index (χ1v) is 9.97. The van der Waals surface area contributed by atoms with Crippen molar-refractivity contribution in [1.29, 1.82) is 0 Å².